The van der Waals surface area contributed by atoms with Crippen molar-refractivity contribution in [3.05, 3.63) is 71.8 Å². The van der Waals surface area contributed by atoms with Gasteiger partial charge in [-0.25, -0.2) is 0 Å². The van der Waals surface area contributed by atoms with Crippen LogP contribution < -0.4 is 10.2 Å². The fraction of sp³-hybridized carbons (Fsp3) is 0.190. The van der Waals surface area contributed by atoms with Gasteiger partial charge < -0.3 is 14.3 Å². The van der Waals surface area contributed by atoms with E-state index in [-0.39, 0.29) is 0 Å². The molecule has 2 heterocycles. The van der Waals surface area contributed by atoms with Crippen LogP contribution in [-0.4, -0.2) is 23.2 Å². The lowest BCUT2D eigenvalue weighted by molar-refractivity contribution is 0.415. The Balaban J connectivity index is 1.62. The molecule has 0 saturated carbocycles. The summed E-state index contributed by atoms with van der Waals surface area (Å²) in [5.74, 6) is 0.881. The zero-order valence-corrected chi connectivity index (χ0v) is 14.5. The van der Waals surface area contributed by atoms with Gasteiger partial charge in [-0.1, -0.05) is 18.2 Å². The van der Waals surface area contributed by atoms with Crippen molar-refractivity contribution in [3.8, 4) is 5.75 Å². The number of aromatic amines is 1. The summed E-state index contributed by atoms with van der Waals surface area (Å²) < 4.78 is 7.48. The number of methoxy groups -OCH3 is 1. The molecular weight excluding hydrogens is 310 g/mol. The molecule has 0 aliphatic heterocycles. The van der Waals surface area contributed by atoms with E-state index < -0.39 is 0 Å². The topological polar surface area (TPSA) is 42.3 Å². The third-order valence-corrected chi connectivity index (χ3v) is 4.68. The number of nitrogens with one attached hydrogen (secondary N) is 1. The molecule has 4 aromatic rings. The number of nitrogens with zero attached hydrogens (tertiary/aromatic N) is 2. The second-order valence-electron chi connectivity index (χ2n) is 6.17. The van der Waals surface area contributed by atoms with Crippen molar-refractivity contribution in [3.63, 3.8) is 0 Å². The van der Waals surface area contributed by atoms with Crippen molar-refractivity contribution in [1.29, 1.82) is 0 Å². The fourth-order valence-electron chi connectivity index (χ4n) is 3.27. The molecule has 0 fully saturated rings. The van der Waals surface area contributed by atoms with Crippen LogP contribution in [0, 0.1) is 0 Å². The van der Waals surface area contributed by atoms with Crippen molar-refractivity contribution in [2.24, 2.45) is 12.0 Å². The number of rotatable bonds is 4. The highest BCUT2D eigenvalue weighted by molar-refractivity contribution is 5.84. The molecule has 0 unspecified atom stereocenters. The molecule has 0 spiro atoms. The van der Waals surface area contributed by atoms with Crippen LogP contribution in [0.1, 0.15) is 5.56 Å². The summed E-state index contributed by atoms with van der Waals surface area (Å²) in [7, 11) is 3.76. The summed E-state index contributed by atoms with van der Waals surface area (Å²) in [4.78, 5) is 8.12. The number of aromatic nitrogens is 2. The van der Waals surface area contributed by atoms with Crippen molar-refractivity contribution in [2.75, 3.05) is 13.7 Å². The highest BCUT2D eigenvalue weighted by Gasteiger charge is 2.05. The standard InChI is InChI=1S/C21H21N3O/c1-24-20-6-4-3-5-15(20)7-10-21(24)22-12-11-16-14-23-19-9-8-17(25-2)13-18(16)19/h3-10,13-14,23H,11-12H2,1-2H3. The zero-order valence-electron chi connectivity index (χ0n) is 14.5. The van der Waals surface area contributed by atoms with E-state index in [0.717, 1.165) is 29.7 Å². The van der Waals surface area contributed by atoms with Gasteiger partial charge in [0.2, 0.25) is 0 Å². The molecule has 0 atom stereocenters. The quantitative estimate of drug-likeness (QED) is 0.607. The molecule has 4 nitrogen and oxygen atoms in total. The van der Waals surface area contributed by atoms with Crippen LogP contribution in [0.2, 0.25) is 0 Å². The zero-order chi connectivity index (χ0) is 17.2. The van der Waals surface area contributed by atoms with Crippen molar-refractivity contribution >= 4 is 21.8 Å². The van der Waals surface area contributed by atoms with Crippen molar-refractivity contribution in [1.82, 2.24) is 9.55 Å². The smallest absolute Gasteiger partial charge is 0.127 e. The van der Waals surface area contributed by atoms with Gasteiger partial charge in [0, 0.05) is 36.2 Å². The molecule has 0 amide bonds. The van der Waals surface area contributed by atoms with Gasteiger partial charge in [0.05, 0.1) is 7.11 Å². The summed E-state index contributed by atoms with van der Waals surface area (Å²) >= 11 is 0. The number of ether oxygens (including phenoxy) is 1. The van der Waals surface area contributed by atoms with Crippen LogP contribution in [0.4, 0.5) is 0 Å². The van der Waals surface area contributed by atoms with Crippen LogP contribution in [0.3, 0.4) is 0 Å². The molecule has 0 aliphatic rings. The Morgan fingerprint density at radius 3 is 2.84 bits per heavy atom. The molecular formula is C21H21N3O. The van der Waals surface area contributed by atoms with E-state index in [1.807, 2.05) is 6.07 Å². The molecule has 0 saturated heterocycles. The Hall–Kier alpha value is -3.01. The Bertz CT molecular complexity index is 1100. The number of para-hydroxylation sites is 1. The van der Waals surface area contributed by atoms with Gasteiger partial charge in [0.25, 0.3) is 0 Å². The summed E-state index contributed by atoms with van der Waals surface area (Å²) in [5.41, 5.74) is 4.59. The first-order valence-electron chi connectivity index (χ1n) is 8.45. The van der Waals surface area contributed by atoms with Gasteiger partial charge in [-0.3, -0.25) is 4.99 Å². The first-order valence-corrected chi connectivity index (χ1v) is 8.45. The van der Waals surface area contributed by atoms with Gasteiger partial charge >= 0.3 is 0 Å². The average molecular weight is 331 g/mol. The molecule has 126 valence electrons. The summed E-state index contributed by atoms with van der Waals surface area (Å²) in [6, 6.07) is 18.7. The predicted octanol–water partition coefficient (Wildman–Crippen LogP) is 3.81. The monoisotopic (exact) mass is 331 g/mol. The Morgan fingerprint density at radius 1 is 1.08 bits per heavy atom. The molecule has 2 aromatic heterocycles. The third kappa shape index (κ3) is 2.91. The maximum Gasteiger partial charge on any atom is 0.127 e. The average Bonchev–Trinajstić information content (AvgIpc) is 3.06. The number of pyridine rings is 1. The first kappa shape index (κ1) is 15.5. The van der Waals surface area contributed by atoms with Crippen LogP contribution in [-0.2, 0) is 13.5 Å². The number of hydrogen-bond donors (Lipinski definition) is 1. The maximum absolute atomic E-state index is 5.34. The molecule has 0 bridgehead atoms. The molecule has 2 aromatic carbocycles. The number of H-pyrrole nitrogens is 1. The largest absolute Gasteiger partial charge is 0.497 e. The van der Waals surface area contributed by atoms with Crippen LogP contribution >= 0.6 is 0 Å². The minimum absolute atomic E-state index is 0.746. The van der Waals surface area contributed by atoms with Gasteiger partial charge in [-0.15, -0.1) is 0 Å². The lowest BCUT2D eigenvalue weighted by Gasteiger charge is -2.06. The predicted molar refractivity (Wildman–Crippen MR) is 102 cm³/mol. The number of aryl methyl sites for hydroxylation is 1. The first-order chi connectivity index (χ1) is 12.3. The Morgan fingerprint density at radius 2 is 1.96 bits per heavy atom. The van der Waals surface area contributed by atoms with Crippen LogP contribution in [0.25, 0.3) is 21.8 Å². The van der Waals surface area contributed by atoms with Gasteiger partial charge in [0.1, 0.15) is 11.2 Å². The highest BCUT2D eigenvalue weighted by atomic mass is 16.5. The normalized spacial score (nSPS) is 12.2. The van der Waals surface area contributed by atoms with E-state index >= 15 is 0 Å². The summed E-state index contributed by atoms with van der Waals surface area (Å²) in [6.45, 7) is 0.746. The van der Waals surface area contributed by atoms with E-state index in [1.54, 1.807) is 7.11 Å². The highest BCUT2D eigenvalue weighted by Crippen LogP contribution is 2.23. The Kier molecular flexibility index (Phi) is 4.02. The van der Waals surface area contributed by atoms with E-state index in [4.69, 9.17) is 9.73 Å². The molecule has 4 heteroatoms. The molecule has 0 aliphatic carbocycles. The number of hydrogen-bond acceptors (Lipinski definition) is 2. The van der Waals surface area contributed by atoms with E-state index in [2.05, 4.69) is 71.3 Å². The fourth-order valence-corrected chi connectivity index (χ4v) is 3.27. The molecule has 4 rings (SSSR count). The minimum Gasteiger partial charge on any atom is -0.497 e. The lowest BCUT2D eigenvalue weighted by atomic mass is 10.1. The molecule has 0 radical (unpaired) electrons. The molecule has 25 heavy (non-hydrogen) atoms. The summed E-state index contributed by atoms with van der Waals surface area (Å²) in [6.07, 6.45) is 2.96. The second-order valence-corrected chi connectivity index (χ2v) is 6.17. The third-order valence-electron chi connectivity index (χ3n) is 4.68. The Labute approximate surface area is 146 Å². The van der Waals surface area contributed by atoms with Gasteiger partial charge in [-0.05, 0) is 53.8 Å². The SMILES string of the molecule is COc1ccc2[nH]cc(CCN=c3ccc4ccccc4n3C)c2c1. The molecule has 1 N–H and O–H groups in total. The van der Waals surface area contributed by atoms with E-state index in [9.17, 15) is 0 Å². The van der Waals surface area contributed by atoms with Gasteiger partial charge in [0.15, 0.2) is 0 Å². The van der Waals surface area contributed by atoms with E-state index in [1.165, 1.54) is 21.9 Å². The van der Waals surface area contributed by atoms with Crippen LogP contribution in [0.5, 0.6) is 5.75 Å². The lowest BCUT2D eigenvalue weighted by Crippen LogP contribution is -2.18. The van der Waals surface area contributed by atoms with Crippen molar-refractivity contribution in [2.45, 2.75) is 6.42 Å². The van der Waals surface area contributed by atoms with E-state index in [0.29, 0.717) is 0 Å². The van der Waals surface area contributed by atoms with Crippen LogP contribution in [0.15, 0.2) is 65.8 Å². The van der Waals surface area contributed by atoms with Crippen molar-refractivity contribution < 1.29 is 4.74 Å². The summed E-state index contributed by atoms with van der Waals surface area (Å²) in [5, 5.41) is 2.44. The second kappa shape index (κ2) is 6.48. The number of fused-ring (bicyclic) bond motifs is 2. The number of benzene rings is 2. The minimum atomic E-state index is 0.746. The maximum atomic E-state index is 5.34. The van der Waals surface area contributed by atoms with Gasteiger partial charge in [-0.2, -0.15) is 0 Å².